The van der Waals surface area contributed by atoms with Gasteiger partial charge in [-0.25, -0.2) is 0 Å². The molecule has 112 valence electrons. The molecule has 1 aliphatic heterocycles. The van der Waals surface area contributed by atoms with Gasteiger partial charge in [0.2, 0.25) is 11.8 Å². The van der Waals surface area contributed by atoms with Gasteiger partial charge in [0.1, 0.15) is 5.54 Å². The van der Waals surface area contributed by atoms with Crippen molar-refractivity contribution in [3.05, 3.63) is 33.8 Å². The largest absolute Gasteiger partial charge is 0.345 e. The van der Waals surface area contributed by atoms with Crippen LogP contribution in [0.1, 0.15) is 25.3 Å². The number of carbonyl (C=O) groups is 2. The van der Waals surface area contributed by atoms with E-state index in [4.69, 9.17) is 23.2 Å². The molecule has 1 unspecified atom stereocenters. The smallest absolute Gasteiger partial charge is 0.246 e. The number of benzene rings is 1. The summed E-state index contributed by atoms with van der Waals surface area (Å²) in [5.74, 6) is 0.0810. The van der Waals surface area contributed by atoms with Crippen molar-refractivity contribution in [1.82, 2.24) is 10.2 Å². The van der Waals surface area contributed by atoms with Gasteiger partial charge >= 0.3 is 0 Å². The molecule has 0 bridgehead atoms. The van der Waals surface area contributed by atoms with Crippen LogP contribution >= 0.6 is 23.2 Å². The topological polar surface area (TPSA) is 49.4 Å². The first-order valence-electron chi connectivity index (χ1n) is 6.95. The highest BCUT2D eigenvalue weighted by Crippen LogP contribution is 2.45. The summed E-state index contributed by atoms with van der Waals surface area (Å²) in [5.41, 5.74) is 0.0224. The van der Waals surface area contributed by atoms with Crippen molar-refractivity contribution in [3.8, 4) is 0 Å². The molecule has 1 aromatic rings. The highest BCUT2D eigenvalue weighted by Gasteiger charge is 2.54. The van der Waals surface area contributed by atoms with Crippen LogP contribution in [0.15, 0.2) is 18.2 Å². The molecule has 2 fully saturated rings. The zero-order valence-electron chi connectivity index (χ0n) is 11.7. The molecule has 2 amide bonds. The highest BCUT2D eigenvalue weighted by atomic mass is 35.5. The lowest BCUT2D eigenvalue weighted by molar-refractivity contribution is -0.155. The van der Waals surface area contributed by atoms with Crippen molar-refractivity contribution in [2.24, 2.45) is 5.92 Å². The monoisotopic (exact) mass is 326 g/mol. The molecule has 6 heteroatoms. The van der Waals surface area contributed by atoms with Crippen molar-refractivity contribution in [2.75, 3.05) is 6.54 Å². The first-order valence-corrected chi connectivity index (χ1v) is 7.71. The van der Waals surface area contributed by atoms with E-state index < -0.39 is 5.54 Å². The summed E-state index contributed by atoms with van der Waals surface area (Å²) < 4.78 is 0. The molecule has 1 saturated carbocycles. The maximum absolute atomic E-state index is 12.3. The third-order valence-corrected chi connectivity index (χ3v) is 5.02. The molecule has 1 heterocycles. The number of hydrogen-bond donors (Lipinski definition) is 1. The second kappa shape index (κ2) is 5.18. The zero-order chi connectivity index (χ0) is 15.2. The quantitative estimate of drug-likeness (QED) is 0.928. The van der Waals surface area contributed by atoms with Crippen LogP contribution in [0.3, 0.4) is 0 Å². The van der Waals surface area contributed by atoms with Crippen LogP contribution in [0.5, 0.6) is 0 Å². The van der Waals surface area contributed by atoms with Gasteiger partial charge in [0.15, 0.2) is 0 Å². The fourth-order valence-corrected chi connectivity index (χ4v) is 3.40. The normalized spacial score (nSPS) is 26.0. The van der Waals surface area contributed by atoms with E-state index in [1.165, 1.54) is 0 Å². The summed E-state index contributed by atoms with van der Waals surface area (Å²) in [6, 6.07) is 5.20. The lowest BCUT2D eigenvalue weighted by atomic mass is 9.89. The summed E-state index contributed by atoms with van der Waals surface area (Å²) >= 11 is 12.1. The van der Waals surface area contributed by atoms with Crippen LogP contribution in [0.25, 0.3) is 0 Å². The Labute approximate surface area is 133 Å². The van der Waals surface area contributed by atoms with E-state index in [9.17, 15) is 9.59 Å². The number of piperazine rings is 1. The second-order valence-corrected chi connectivity index (χ2v) is 6.66. The molecule has 1 N–H and O–H groups in total. The summed E-state index contributed by atoms with van der Waals surface area (Å²) in [6.45, 7) is 2.22. The molecule has 0 radical (unpaired) electrons. The fourth-order valence-electron chi connectivity index (χ4n) is 2.94. The molecule has 3 rings (SSSR count). The van der Waals surface area contributed by atoms with Gasteiger partial charge in [-0.2, -0.15) is 0 Å². The van der Waals surface area contributed by atoms with Gasteiger partial charge in [-0.3, -0.25) is 9.59 Å². The number of nitrogens with one attached hydrogen (secondary N) is 1. The SMILES string of the molecule is CC1(C2CC2)C(=O)NCC(=O)N1Cc1ccc(Cl)cc1Cl. The Hall–Kier alpha value is -1.26. The van der Waals surface area contributed by atoms with Crippen LogP contribution in [-0.2, 0) is 16.1 Å². The average molecular weight is 327 g/mol. The van der Waals surface area contributed by atoms with Gasteiger partial charge < -0.3 is 10.2 Å². The van der Waals surface area contributed by atoms with Crippen LogP contribution < -0.4 is 5.32 Å². The number of halogens is 2. The second-order valence-electron chi connectivity index (χ2n) is 5.82. The third kappa shape index (κ3) is 2.51. The van der Waals surface area contributed by atoms with Gasteiger partial charge in [0, 0.05) is 16.6 Å². The Morgan fingerprint density at radius 3 is 2.67 bits per heavy atom. The van der Waals surface area contributed by atoms with E-state index in [0.717, 1.165) is 18.4 Å². The summed E-state index contributed by atoms with van der Waals surface area (Å²) in [7, 11) is 0. The number of nitrogens with zero attached hydrogens (tertiary/aromatic N) is 1. The van der Waals surface area contributed by atoms with Crippen LogP contribution in [0.4, 0.5) is 0 Å². The number of hydrogen-bond acceptors (Lipinski definition) is 2. The minimum Gasteiger partial charge on any atom is -0.345 e. The van der Waals surface area contributed by atoms with Gasteiger partial charge in [-0.1, -0.05) is 29.3 Å². The molecule has 0 spiro atoms. The van der Waals surface area contributed by atoms with Crippen LogP contribution in [-0.4, -0.2) is 28.8 Å². The summed E-state index contributed by atoms with van der Waals surface area (Å²) in [5, 5.41) is 3.76. The van der Waals surface area contributed by atoms with E-state index in [2.05, 4.69) is 5.32 Å². The Morgan fingerprint density at radius 1 is 1.33 bits per heavy atom. The van der Waals surface area contributed by atoms with Crippen LogP contribution in [0, 0.1) is 5.92 Å². The first-order chi connectivity index (χ1) is 9.92. The van der Waals surface area contributed by atoms with E-state index in [-0.39, 0.29) is 24.3 Å². The third-order valence-electron chi connectivity index (χ3n) is 4.44. The van der Waals surface area contributed by atoms with Crippen molar-refractivity contribution in [2.45, 2.75) is 31.8 Å². The molecule has 0 aromatic heterocycles. The molecule has 2 aliphatic rings. The Balaban J connectivity index is 1.93. The number of rotatable bonds is 3. The average Bonchev–Trinajstić information content (AvgIpc) is 3.26. The summed E-state index contributed by atoms with van der Waals surface area (Å²) in [6.07, 6.45) is 1.95. The molecule has 1 aromatic carbocycles. The predicted molar refractivity (Wildman–Crippen MR) is 81.2 cm³/mol. The molecule has 21 heavy (non-hydrogen) atoms. The van der Waals surface area contributed by atoms with Crippen molar-refractivity contribution in [1.29, 1.82) is 0 Å². The van der Waals surface area contributed by atoms with Gasteiger partial charge in [-0.15, -0.1) is 0 Å². The number of carbonyl (C=O) groups excluding carboxylic acids is 2. The van der Waals surface area contributed by atoms with Crippen molar-refractivity contribution in [3.63, 3.8) is 0 Å². The fraction of sp³-hybridized carbons (Fsp3) is 0.467. The summed E-state index contributed by atoms with van der Waals surface area (Å²) in [4.78, 5) is 26.3. The van der Waals surface area contributed by atoms with E-state index in [0.29, 0.717) is 16.6 Å². The Morgan fingerprint density at radius 2 is 2.05 bits per heavy atom. The zero-order valence-corrected chi connectivity index (χ0v) is 13.2. The highest BCUT2D eigenvalue weighted by molar-refractivity contribution is 6.35. The first kappa shape index (κ1) is 14.7. The van der Waals surface area contributed by atoms with E-state index in [1.54, 1.807) is 23.1 Å². The molecular formula is C15H16Cl2N2O2. The molecule has 1 aliphatic carbocycles. The molecule has 1 saturated heterocycles. The predicted octanol–water partition coefficient (Wildman–Crippen LogP) is 2.62. The minimum absolute atomic E-state index is 0.0480. The Kier molecular flexibility index (Phi) is 3.62. The van der Waals surface area contributed by atoms with Gasteiger partial charge in [0.25, 0.3) is 0 Å². The molecule has 4 nitrogen and oxygen atoms in total. The maximum Gasteiger partial charge on any atom is 0.246 e. The van der Waals surface area contributed by atoms with Crippen molar-refractivity contribution < 1.29 is 9.59 Å². The number of amides is 2. The lowest BCUT2D eigenvalue weighted by Crippen LogP contribution is -2.66. The van der Waals surface area contributed by atoms with Gasteiger partial charge in [-0.05, 0) is 43.4 Å². The van der Waals surface area contributed by atoms with E-state index >= 15 is 0 Å². The van der Waals surface area contributed by atoms with Crippen LogP contribution in [0.2, 0.25) is 10.0 Å². The maximum atomic E-state index is 12.3. The van der Waals surface area contributed by atoms with Gasteiger partial charge in [0.05, 0.1) is 6.54 Å². The van der Waals surface area contributed by atoms with E-state index in [1.807, 2.05) is 6.92 Å². The standard InChI is InChI=1S/C15H16Cl2N2O2/c1-15(10-3-4-10)14(21)18-7-13(20)19(15)8-9-2-5-11(16)6-12(9)17/h2,5-6,10H,3-4,7-8H2,1H3,(H,18,21). The minimum atomic E-state index is -0.779. The molecule has 1 atom stereocenters. The Bertz CT molecular complexity index is 616. The lowest BCUT2D eigenvalue weighted by Gasteiger charge is -2.44. The van der Waals surface area contributed by atoms with Crippen molar-refractivity contribution >= 4 is 35.0 Å². The molecular weight excluding hydrogens is 311 g/mol.